The number of thiazole rings is 2. The van der Waals surface area contributed by atoms with Crippen molar-refractivity contribution in [3.63, 3.8) is 0 Å². The van der Waals surface area contributed by atoms with Gasteiger partial charge >= 0.3 is 0 Å². The summed E-state index contributed by atoms with van der Waals surface area (Å²) in [6.07, 6.45) is 0. The Kier molecular flexibility index (Phi) is 7.41. The summed E-state index contributed by atoms with van der Waals surface area (Å²) < 4.78 is 8.12. The van der Waals surface area contributed by atoms with Crippen molar-refractivity contribution in [2.45, 2.75) is 8.68 Å². The molecule has 2 N–H and O–H groups in total. The molecule has 2 amide bonds. The second kappa shape index (κ2) is 10.7. The number of fused-ring (bicyclic) bond motifs is 2. The number of aromatic nitrogens is 4. The molecule has 0 fully saturated rings. The molecule has 0 saturated carbocycles. The third-order valence-corrected chi connectivity index (χ3v) is 9.15. The number of benzene rings is 2. The zero-order valence-corrected chi connectivity index (χ0v) is 22.1. The van der Waals surface area contributed by atoms with Crippen LogP contribution in [0.15, 0.2) is 49.7 Å². The fourth-order valence-electron chi connectivity index (χ4n) is 2.83. The maximum absolute atomic E-state index is 12.4. The Morgan fingerprint density at radius 3 is 1.71 bits per heavy atom. The molecule has 0 aliphatic rings. The van der Waals surface area contributed by atoms with Gasteiger partial charge in [0.2, 0.25) is 23.5 Å². The number of hydrogen-bond donors (Lipinski definition) is 2. The van der Waals surface area contributed by atoms with Crippen molar-refractivity contribution in [2.24, 2.45) is 0 Å². The summed E-state index contributed by atoms with van der Waals surface area (Å²) in [5, 5.41) is 13.7. The molecule has 0 spiro atoms. The van der Waals surface area contributed by atoms with E-state index in [2.05, 4.69) is 35.5 Å². The Labute approximate surface area is 224 Å². The SMILES string of the molecule is O=C(CSc1nc2cc(Cl)ccc2s1)Nc1nonc1NC(=O)CSc1nc2cc(Cl)ccc2s1. The fraction of sp³-hybridized carbons (Fsp3) is 0.100. The van der Waals surface area contributed by atoms with Crippen LogP contribution in [0.4, 0.5) is 11.6 Å². The van der Waals surface area contributed by atoms with E-state index < -0.39 is 0 Å². The number of hydrogen-bond acceptors (Lipinski definition) is 11. The molecule has 5 aromatic rings. The Bertz CT molecular complexity index is 1440. The largest absolute Gasteiger partial charge is 0.304 e. The monoisotopic (exact) mass is 582 g/mol. The second-order valence-corrected chi connectivity index (χ2v) is 12.2. The smallest absolute Gasteiger partial charge is 0.236 e. The van der Waals surface area contributed by atoms with Crippen molar-refractivity contribution < 1.29 is 14.2 Å². The van der Waals surface area contributed by atoms with Crippen LogP contribution in [0.25, 0.3) is 20.4 Å². The predicted molar refractivity (Wildman–Crippen MR) is 142 cm³/mol. The third-order valence-electron chi connectivity index (χ3n) is 4.32. The van der Waals surface area contributed by atoms with Crippen LogP contribution in [0.2, 0.25) is 10.0 Å². The molecule has 3 aromatic heterocycles. The second-order valence-electron chi connectivity index (χ2n) is 6.82. The molecule has 0 unspecified atom stereocenters. The molecule has 178 valence electrons. The minimum Gasteiger partial charge on any atom is -0.304 e. The van der Waals surface area contributed by atoms with Crippen molar-refractivity contribution in [2.75, 3.05) is 22.1 Å². The Morgan fingerprint density at radius 1 is 0.800 bits per heavy atom. The van der Waals surface area contributed by atoms with Crippen molar-refractivity contribution in [3.05, 3.63) is 46.4 Å². The quantitative estimate of drug-likeness (QED) is 0.210. The van der Waals surface area contributed by atoms with Crippen molar-refractivity contribution in [1.82, 2.24) is 20.3 Å². The van der Waals surface area contributed by atoms with Gasteiger partial charge in [0, 0.05) is 10.0 Å². The van der Waals surface area contributed by atoms with Gasteiger partial charge in [-0.25, -0.2) is 14.6 Å². The lowest BCUT2D eigenvalue weighted by molar-refractivity contribution is -0.114. The molecule has 0 saturated heterocycles. The molecule has 15 heteroatoms. The normalized spacial score (nSPS) is 11.3. The summed E-state index contributed by atoms with van der Waals surface area (Å²) >= 11 is 17.5. The van der Waals surface area contributed by atoms with Crippen LogP contribution in [0.5, 0.6) is 0 Å². The van der Waals surface area contributed by atoms with Crippen molar-refractivity contribution >= 4 is 113 Å². The first-order valence-corrected chi connectivity index (χ1v) is 14.1. The third kappa shape index (κ3) is 6.05. The van der Waals surface area contributed by atoms with Crippen LogP contribution in [0.3, 0.4) is 0 Å². The van der Waals surface area contributed by atoms with Crippen LogP contribution in [-0.4, -0.2) is 43.6 Å². The first-order chi connectivity index (χ1) is 16.9. The summed E-state index contributed by atoms with van der Waals surface area (Å²) in [7, 11) is 0. The molecule has 0 radical (unpaired) electrons. The lowest BCUT2D eigenvalue weighted by Crippen LogP contribution is -2.18. The van der Waals surface area contributed by atoms with Gasteiger partial charge in [0.25, 0.3) is 0 Å². The number of carbonyl (C=O) groups excluding carboxylic acids is 2. The van der Waals surface area contributed by atoms with E-state index >= 15 is 0 Å². The number of amides is 2. The van der Waals surface area contributed by atoms with Crippen LogP contribution < -0.4 is 10.6 Å². The van der Waals surface area contributed by atoms with Gasteiger partial charge in [-0.3, -0.25) is 9.59 Å². The number of rotatable bonds is 8. The molecule has 0 bridgehead atoms. The number of nitrogens with zero attached hydrogens (tertiary/aromatic N) is 4. The predicted octanol–water partition coefficient (Wildman–Crippen LogP) is 6.06. The molecular weight excluding hydrogens is 571 g/mol. The Morgan fingerprint density at radius 2 is 1.26 bits per heavy atom. The highest BCUT2D eigenvalue weighted by Gasteiger charge is 2.17. The van der Waals surface area contributed by atoms with Gasteiger partial charge in [0.05, 0.1) is 31.9 Å². The minimum absolute atomic E-state index is 0.0275. The Balaban J connectivity index is 1.13. The number of carbonyl (C=O) groups is 2. The van der Waals surface area contributed by atoms with E-state index in [4.69, 9.17) is 23.2 Å². The van der Waals surface area contributed by atoms with E-state index in [1.807, 2.05) is 12.1 Å². The molecule has 9 nitrogen and oxygen atoms in total. The van der Waals surface area contributed by atoms with Crippen LogP contribution in [-0.2, 0) is 9.59 Å². The molecule has 5 rings (SSSR count). The highest BCUT2D eigenvalue weighted by molar-refractivity contribution is 8.02. The molecule has 35 heavy (non-hydrogen) atoms. The number of halogens is 2. The number of thioether (sulfide) groups is 2. The molecule has 0 atom stereocenters. The molecule has 3 heterocycles. The fourth-order valence-corrected chi connectivity index (χ4v) is 6.86. The summed E-state index contributed by atoms with van der Waals surface area (Å²) in [6.45, 7) is 0. The average Bonchev–Trinajstić information content (AvgIpc) is 3.54. The van der Waals surface area contributed by atoms with Crippen molar-refractivity contribution in [1.29, 1.82) is 0 Å². The van der Waals surface area contributed by atoms with Crippen LogP contribution >= 0.6 is 69.4 Å². The van der Waals surface area contributed by atoms with Gasteiger partial charge in [-0.15, -0.1) is 22.7 Å². The zero-order valence-electron chi connectivity index (χ0n) is 17.3. The van der Waals surface area contributed by atoms with Crippen LogP contribution in [0, 0.1) is 0 Å². The molecular formula is C20H12Cl2N6O3S4. The summed E-state index contributed by atoms with van der Waals surface area (Å²) in [6, 6.07) is 10.9. The van der Waals surface area contributed by atoms with E-state index in [9.17, 15) is 9.59 Å². The summed E-state index contributed by atoms with van der Waals surface area (Å²) in [5.41, 5.74) is 1.56. The number of anilines is 2. The lowest BCUT2D eigenvalue weighted by atomic mass is 10.3. The standard InChI is InChI=1S/C20H12Cl2N6O3S4/c21-9-1-3-13-11(5-9)23-19(34-13)32-7-15(29)25-17-18(28-31-27-17)26-16(30)8-33-20-24-12-6-10(22)2-4-14(12)35-20/h1-6H,7-8H2,(H,25,27,29)(H,26,28,30). The van der Waals surface area contributed by atoms with Crippen LogP contribution in [0.1, 0.15) is 0 Å². The van der Waals surface area contributed by atoms with Crippen molar-refractivity contribution in [3.8, 4) is 0 Å². The lowest BCUT2D eigenvalue weighted by Gasteiger charge is -2.03. The van der Waals surface area contributed by atoms with E-state index in [0.717, 1.165) is 29.1 Å². The number of nitrogens with one attached hydrogen (secondary N) is 2. The zero-order chi connectivity index (χ0) is 24.4. The van der Waals surface area contributed by atoms with Gasteiger partial charge in [-0.1, -0.05) is 46.7 Å². The first kappa shape index (κ1) is 24.3. The van der Waals surface area contributed by atoms with Gasteiger partial charge in [0.15, 0.2) is 8.68 Å². The molecule has 2 aromatic carbocycles. The highest BCUT2D eigenvalue weighted by Crippen LogP contribution is 2.32. The van der Waals surface area contributed by atoms with E-state index in [0.29, 0.717) is 10.0 Å². The van der Waals surface area contributed by atoms with E-state index in [-0.39, 0.29) is 35.0 Å². The average molecular weight is 584 g/mol. The summed E-state index contributed by atoms with van der Waals surface area (Å²) in [5.74, 6) is -0.461. The van der Waals surface area contributed by atoms with Gasteiger partial charge in [-0.2, -0.15) is 0 Å². The van der Waals surface area contributed by atoms with E-state index in [1.54, 1.807) is 24.3 Å². The topological polar surface area (TPSA) is 123 Å². The first-order valence-electron chi connectivity index (χ1n) is 9.73. The van der Waals surface area contributed by atoms with Gasteiger partial charge < -0.3 is 10.6 Å². The van der Waals surface area contributed by atoms with E-state index in [1.165, 1.54) is 46.2 Å². The maximum Gasteiger partial charge on any atom is 0.236 e. The molecule has 0 aliphatic heterocycles. The summed E-state index contributed by atoms with van der Waals surface area (Å²) in [4.78, 5) is 33.7. The maximum atomic E-state index is 12.4. The van der Waals surface area contributed by atoms with Gasteiger partial charge in [0.1, 0.15) is 0 Å². The minimum atomic E-state index is -0.346. The molecule has 0 aliphatic carbocycles. The van der Waals surface area contributed by atoms with Gasteiger partial charge in [-0.05, 0) is 46.7 Å². The highest BCUT2D eigenvalue weighted by atomic mass is 35.5. The Hall–Kier alpha value is -2.42.